The third-order valence-electron chi connectivity index (χ3n) is 2.96. The number of hydrogen-bond donors (Lipinski definition) is 2. The second kappa shape index (κ2) is 13.2. The summed E-state index contributed by atoms with van der Waals surface area (Å²) in [6, 6.07) is 10.5. The number of likely N-dealkylation sites (N-methyl/N-ethyl adjacent to an activating group) is 1. The minimum atomic E-state index is 0. The van der Waals surface area contributed by atoms with Gasteiger partial charge in [0.1, 0.15) is 0 Å². The normalized spacial score (nSPS) is 11.1. The van der Waals surface area contributed by atoms with Gasteiger partial charge in [-0.3, -0.25) is 4.99 Å². The van der Waals surface area contributed by atoms with E-state index in [1.165, 1.54) is 4.90 Å². The van der Waals surface area contributed by atoms with Crippen molar-refractivity contribution in [1.82, 2.24) is 15.5 Å². The first-order valence-electron chi connectivity index (χ1n) is 7.07. The molecule has 0 amide bonds. The van der Waals surface area contributed by atoms with E-state index in [0.717, 1.165) is 37.9 Å². The highest BCUT2D eigenvalue weighted by atomic mass is 127. The van der Waals surface area contributed by atoms with Gasteiger partial charge in [0.05, 0.1) is 0 Å². The second-order valence-electron chi connectivity index (χ2n) is 4.48. The Kier molecular flexibility index (Phi) is 12.9. The standard InChI is InChI=1S/C15H26N4S.HI/c1-4-19(3)12-10-17-15(16-2)18-11-13-20-14-8-6-5-7-9-14;/h5-9H,4,10-13H2,1-3H3,(H2,16,17,18);1H. The van der Waals surface area contributed by atoms with Crippen LogP contribution in [0.2, 0.25) is 0 Å². The van der Waals surface area contributed by atoms with Crippen LogP contribution in [0.25, 0.3) is 0 Å². The zero-order chi connectivity index (χ0) is 14.6. The lowest BCUT2D eigenvalue weighted by atomic mass is 10.4. The number of aliphatic imine (C=N–C) groups is 1. The molecular weight excluding hydrogens is 395 g/mol. The van der Waals surface area contributed by atoms with Crippen molar-refractivity contribution >= 4 is 41.7 Å². The molecule has 1 aromatic rings. The van der Waals surface area contributed by atoms with Crippen molar-refractivity contribution in [3.05, 3.63) is 30.3 Å². The maximum Gasteiger partial charge on any atom is 0.191 e. The fourth-order valence-electron chi connectivity index (χ4n) is 1.60. The summed E-state index contributed by atoms with van der Waals surface area (Å²) in [7, 11) is 3.93. The quantitative estimate of drug-likeness (QED) is 0.222. The zero-order valence-corrected chi connectivity index (χ0v) is 16.3. The van der Waals surface area contributed by atoms with Crippen LogP contribution in [0.3, 0.4) is 0 Å². The van der Waals surface area contributed by atoms with Gasteiger partial charge in [0, 0.05) is 37.3 Å². The molecule has 0 atom stereocenters. The molecule has 2 N–H and O–H groups in total. The summed E-state index contributed by atoms with van der Waals surface area (Å²) in [5, 5.41) is 6.65. The Balaban J connectivity index is 0.00000400. The molecule has 0 aliphatic carbocycles. The van der Waals surface area contributed by atoms with Crippen LogP contribution in [0, 0.1) is 0 Å². The molecule has 0 fully saturated rings. The maximum atomic E-state index is 4.22. The van der Waals surface area contributed by atoms with Crippen LogP contribution in [0.1, 0.15) is 6.92 Å². The maximum absolute atomic E-state index is 4.22. The molecule has 0 aliphatic rings. The molecule has 0 radical (unpaired) electrons. The van der Waals surface area contributed by atoms with Crippen LogP contribution in [-0.4, -0.2) is 56.9 Å². The van der Waals surface area contributed by atoms with Gasteiger partial charge in [-0.15, -0.1) is 35.7 Å². The van der Waals surface area contributed by atoms with Crippen LogP contribution >= 0.6 is 35.7 Å². The number of nitrogens with zero attached hydrogens (tertiary/aromatic N) is 2. The molecule has 4 nitrogen and oxygen atoms in total. The van der Waals surface area contributed by atoms with E-state index in [1.807, 2.05) is 24.9 Å². The molecule has 120 valence electrons. The van der Waals surface area contributed by atoms with Crippen LogP contribution in [0.5, 0.6) is 0 Å². The van der Waals surface area contributed by atoms with Crippen LogP contribution in [0.4, 0.5) is 0 Å². The summed E-state index contributed by atoms with van der Waals surface area (Å²) in [6.07, 6.45) is 0. The molecule has 0 unspecified atom stereocenters. The number of benzene rings is 1. The average molecular weight is 422 g/mol. The average Bonchev–Trinajstić information content (AvgIpc) is 2.50. The number of thioether (sulfide) groups is 1. The highest BCUT2D eigenvalue weighted by Crippen LogP contribution is 2.15. The first-order valence-corrected chi connectivity index (χ1v) is 8.05. The second-order valence-corrected chi connectivity index (χ2v) is 5.65. The van der Waals surface area contributed by atoms with Crippen molar-refractivity contribution < 1.29 is 0 Å². The molecule has 0 aliphatic heterocycles. The van der Waals surface area contributed by atoms with Crippen LogP contribution in [0.15, 0.2) is 40.2 Å². The van der Waals surface area contributed by atoms with Gasteiger partial charge in [0.15, 0.2) is 5.96 Å². The van der Waals surface area contributed by atoms with E-state index in [2.05, 4.69) is 58.8 Å². The molecule has 1 aromatic carbocycles. The first kappa shape index (κ1) is 20.5. The monoisotopic (exact) mass is 422 g/mol. The van der Waals surface area contributed by atoms with Crippen LogP contribution in [-0.2, 0) is 0 Å². The minimum Gasteiger partial charge on any atom is -0.356 e. The molecule has 0 saturated carbocycles. The predicted octanol–water partition coefficient (Wildman–Crippen LogP) is 2.51. The topological polar surface area (TPSA) is 39.7 Å². The van der Waals surface area contributed by atoms with Gasteiger partial charge in [-0.2, -0.15) is 0 Å². The largest absolute Gasteiger partial charge is 0.356 e. The van der Waals surface area contributed by atoms with E-state index in [0.29, 0.717) is 0 Å². The lowest BCUT2D eigenvalue weighted by Crippen LogP contribution is -2.41. The zero-order valence-electron chi connectivity index (χ0n) is 13.1. The Labute approximate surface area is 150 Å². The number of rotatable bonds is 8. The Morgan fingerprint density at radius 2 is 1.86 bits per heavy atom. The van der Waals surface area contributed by atoms with E-state index < -0.39 is 0 Å². The van der Waals surface area contributed by atoms with Crippen molar-refractivity contribution in [2.75, 3.05) is 46.0 Å². The van der Waals surface area contributed by atoms with Gasteiger partial charge >= 0.3 is 0 Å². The van der Waals surface area contributed by atoms with Gasteiger partial charge in [-0.1, -0.05) is 25.1 Å². The molecule has 0 spiro atoms. The number of hydrogen-bond acceptors (Lipinski definition) is 3. The smallest absolute Gasteiger partial charge is 0.191 e. The molecule has 6 heteroatoms. The summed E-state index contributed by atoms with van der Waals surface area (Å²) in [6.45, 7) is 6.07. The van der Waals surface area contributed by atoms with Crippen molar-refractivity contribution in [3.63, 3.8) is 0 Å². The van der Waals surface area contributed by atoms with Gasteiger partial charge in [-0.25, -0.2) is 0 Å². The fourth-order valence-corrected chi connectivity index (χ4v) is 2.39. The van der Waals surface area contributed by atoms with Gasteiger partial charge in [-0.05, 0) is 25.7 Å². The number of guanidine groups is 1. The van der Waals surface area contributed by atoms with Crippen molar-refractivity contribution in [3.8, 4) is 0 Å². The summed E-state index contributed by atoms with van der Waals surface area (Å²) in [4.78, 5) is 7.80. The molecule has 0 bridgehead atoms. The van der Waals surface area contributed by atoms with Crippen molar-refractivity contribution in [1.29, 1.82) is 0 Å². The van der Waals surface area contributed by atoms with Crippen LogP contribution < -0.4 is 10.6 Å². The van der Waals surface area contributed by atoms with E-state index in [4.69, 9.17) is 0 Å². The Morgan fingerprint density at radius 3 is 2.48 bits per heavy atom. The third-order valence-corrected chi connectivity index (χ3v) is 3.97. The molecule has 21 heavy (non-hydrogen) atoms. The highest BCUT2D eigenvalue weighted by molar-refractivity contribution is 14.0. The minimum absolute atomic E-state index is 0. The predicted molar refractivity (Wildman–Crippen MR) is 105 cm³/mol. The fraction of sp³-hybridized carbons (Fsp3) is 0.533. The number of nitrogens with one attached hydrogen (secondary N) is 2. The molecule has 0 aromatic heterocycles. The molecule has 1 rings (SSSR count). The van der Waals surface area contributed by atoms with Crippen molar-refractivity contribution in [2.24, 2.45) is 4.99 Å². The summed E-state index contributed by atoms with van der Waals surface area (Å²) in [5.74, 6) is 1.91. The Hall–Kier alpha value is -0.470. The molecule has 0 heterocycles. The molecule has 0 saturated heterocycles. The highest BCUT2D eigenvalue weighted by Gasteiger charge is 1.98. The number of halogens is 1. The summed E-state index contributed by atoms with van der Waals surface area (Å²) in [5.41, 5.74) is 0. The van der Waals surface area contributed by atoms with Crippen molar-refractivity contribution in [2.45, 2.75) is 11.8 Å². The van der Waals surface area contributed by atoms with E-state index >= 15 is 0 Å². The lowest BCUT2D eigenvalue weighted by molar-refractivity contribution is 0.357. The van der Waals surface area contributed by atoms with Gasteiger partial charge in [0.25, 0.3) is 0 Å². The molecular formula is C15H27IN4S. The van der Waals surface area contributed by atoms with Gasteiger partial charge in [0.2, 0.25) is 0 Å². The van der Waals surface area contributed by atoms with E-state index in [1.54, 1.807) is 0 Å². The summed E-state index contributed by atoms with van der Waals surface area (Å²) < 4.78 is 0. The van der Waals surface area contributed by atoms with E-state index in [-0.39, 0.29) is 24.0 Å². The Morgan fingerprint density at radius 1 is 1.19 bits per heavy atom. The Bertz CT molecular complexity index is 387. The lowest BCUT2D eigenvalue weighted by Gasteiger charge is -2.16. The first-order chi connectivity index (χ1) is 9.76. The van der Waals surface area contributed by atoms with Gasteiger partial charge < -0.3 is 15.5 Å². The SMILES string of the molecule is CCN(C)CCNC(=NC)NCCSc1ccccc1.I. The summed E-state index contributed by atoms with van der Waals surface area (Å²) >= 11 is 1.85. The third kappa shape index (κ3) is 9.97. The van der Waals surface area contributed by atoms with E-state index in [9.17, 15) is 0 Å².